The Balaban J connectivity index is -0.000000251. The third-order valence-electron chi connectivity index (χ3n) is 5.41. The molecule has 0 saturated heterocycles. The topological polar surface area (TPSA) is 305 Å². The molecule has 0 unspecified atom stereocenters. The van der Waals surface area contributed by atoms with Crippen molar-refractivity contribution in [2.75, 3.05) is 21.1 Å². The smallest absolute Gasteiger partial charge is 0.741 e. The number of carbonyl (C=O) groups is 2. The van der Waals surface area contributed by atoms with Crippen molar-refractivity contribution in [1.29, 1.82) is 0 Å². The van der Waals surface area contributed by atoms with Gasteiger partial charge in [0.05, 0.1) is 34.3 Å². The summed E-state index contributed by atoms with van der Waals surface area (Å²) in [6.07, 6.45) is 6.62. The first kappa shape index (κ1) is 69.4. The zero-order valence-electron chi connectivity index (χ0n) is 35.4. The van der Waals surface area contributed by atoms with Crippen LogP contribution in [0.15, 0.2) is 71.4 Å². The van der Waals surface area contributed by atoms with Crippen molar-refractivity contribution in [3.63, 3.8) is 0 Å². The summed E-state index contributed by atoms with van der Waals surface area (Å²) in [5.41, 5.74) is 10.7. The van der Waals surface area contributed by atoms with E-state index >= 15 is 0 Å². The van der Waals surface area contributed by atoms with E-state index in [1.54, 1.807) is 75.1 Å². The van der Waals surface area contributed by atoms with Gasteiger partial charge in [0.1, 0.15) is 12.6 Å². The van der Waals surface area contributed by atoms with Gasteiger partial charge in [-0.15, -0.1) is 0 Å². The van der Waals surface area contributed by atoms with E-state index in [1.165, 1.54) is 0 Å². The van der Waals surface area contributed by atoms with Gasteiger partial charge in [-0.25, -0.2) is 0 Å². The predicted molar refractivity (Wildman–Crippen MR) is 256 cm³/mol. The van der Waals surface area contributed by atoms with E-state index in [4.69, 9.17) is 69.0 Å². The van der Waals surface area contributed by atoms with E-state index in [-0.39, 0.29) is 84.3 Å². The molecule has 0 amide bonds. The molecule has 0 aliphatic heterocycles. The molecule has 0 fully saturated rings. The van der Waals surface area contributed by atoms with Gasteiger partial charge >= 0.3 is 58.4 Å². The number of carbonyl (C=O) groups excluding carboxylic acids is 2. The van der Waals surface area contributed by atoms with Crippen LogP contribution in [0.1, 0.15) is 67.2 Å². The molecule has 32 heteroatoms. The molecule has 322 valence electrons. The molecule has 0 aliphatic rings. The second-order valence-corrected chi connectivity index (χ2v) is 12.1. The molecular formula is C29H47N21O2S6Zn3. The molecule has 0 aliphatic carbocycles. The second-order valence-electron chi connectivity index (χ2n) is 9.77. The van der Waals surface area contributed by atoms with E-state index in [0.29, 0.717) is 65.1 Å². The van der Waals surface area contributed by atoms with Crippen LogP contribution >= 0.6 is 0 Å². The maximum atomic E-state index is 9.40. The van der Waals surface area contributed by atoms with Crippen LogP contribution < -0.4 is 38.1 Å². The minimum absolute atomic E-state index is 0. The summed E-state index contributed by atoms with van der Waals surface area (Å²) in [6, 6.07) is 0. The van der Waals surface area contributed by atoms with Crippen LogP contribution in [0.5, 0.6) is 0 Å². The number of hydrazone groups is 2. The number of aldehydes is 2. The first-order valence-corrected chi connectivity index (χ1v) is 18.7. The largest absolute Gasteiger partial charge is 2.00 e. The van der Waals surface area contributed by atoms with E-state index in [0.717, 1.165) is 12.6 Å². The maximum Gasteiger partial charge on any atom is 2.00 e. The van der Waals surface area contributed by atoms with Crippen LogP contribution in [0, 0.1) is 0 Å². The van der Waals surface area contributed by atoms with Crippen LogP contribution in [-0.2, 0) is 144 Å². The summed E-state index contributed by atoms with van der Waals surface area (Å²) in [7, 11) is 4.98. The number of nitrogens with one attached hydrogen (secondary N) is 6. The number of nitrogens with zero attached hydrogens (tertiary/aromatic N) is 14. The van der Waals surface area contributed by atoms with Gasteiger partial charge in [0, 0.05) is 61.9 Å². The average molecular weight is 1110 g/mol. The summed E-state index contributed by atoms with van der Waals surface area (Å²) < 4.78 is 0. The quantitative estimate of drug-likeness (QED) is 0.0146. The Bertz CT molecular complexity index is 1590. The van der Waals surface area contributed by atoms with Crippen molar-refractivity contribution >= 4 is 166 Å². The Kier molecular flexibility index (Phi) is 54.3. The average Bonchev–Trinajstić information content (AvgIpc) is 3.23. The first-order valence-electron chi connectivity index (χ1n) is 16.2. The molecule has 0 spiro atoms. The first-order chi connectivity index (χ1) is 27.5. The molecular weight excluding hydrogens is 1060 g/mol. The summed E-state index contributed by atoms with van der Waals surface area (Å²) in [5, 5.41) is 63.2. The van der Waals surface area contributed by atoms with Gasteiger partial charge in [-0.3, -0.25) is 16.7 Å². The fourth-order valence-corrected chi connectivity index (χ4v) is 2.35. The SMILES string of the molecule is CNC([S-])=NN=C(C)C(C)=NN=C([S-])N/N=C/CC/C=N/NC([S-])=NN=C(C)C(C)=NN=C([S-])NC.CNC([S-])=NN=C(C)C(C)=NN=C([S-])NN.O=CCCC=O.[Zn+2].[Zn+2].[Zn+2]. The Morgan fingerprint density at radius 2 is 0.639 bits per heavy atom. The number of nitrogens with two attached hydrogens (primary N) is 1. The molecule has 0 aromatic carbocycles. The molecule has 0 aromatic heterocycles. The molecule has 8 N–H and O–H groups in total. The summed E-state index contributed by atoms with van der Waals surface area (Å²) >= 11 is 29.3. The summed E-state index contributed by atoms with van der Waals surface area (Å²) in [5.74, 6) is 5.02. The molecule has 0 heterocycles. The van der Waals surface area contributed by atoms with E-state index < -0.39 is 0 Å². The van der Waals surface area contributed by atoms with Crippen LogP contribution in [0.3, 0.4) is 0 Å². The number of hydrazine groups is 1. The summed E-state index contributed by atoms with van der Waals surface area (Å²) in [4.78, 5) is 18.8. The molecule has 61 heavy (non-hydrogen) atoms. The molecule has 0 bridgehead atoms. The molecule has 0 rings (SSSR count). The van der Waals surface area contributed by atoms with Gasteiger partial charge in [-0.05, 0) is 69.9 Å². The van der Waals surface area contributed by atoms with Gasteiger partial charge in [-0.1, -0.05) is 0 Å². The Labute approximate surface area is 428 Å². The molecule has 0 radical (unpaired) electrons. The minimum atomic E-state index is 0. The monoisotopic (exact) mass is 1110 g/mol. The van der Waals surface area contributed by atoms with Crippen molar-refractivity contribution in [3.05, 3.63) is 0 Å². The zero-order valence-corrected chi connectivity index (χ0v) is 49.2. The molecule has 0 saturated carbocycles. The van der Waals surface area contributed by atoms with Crippen molar-refractivity contribution in [2.24, 2.45) is 77.3 Å². The van der Waals surface area contributed by atoms with Gasteiger partial charge in [0.2, 0.25) is 0 Å². The predicted octanol–water partition coefficient (Wildman–Crippen LogP) is -0.145. The van der Waals surface area contributed by atoms with Crippen LogP contribution in [0.25, 0.3) is 0 Å². The number of hydrogen-bond donors (Lipinski definition) is 7. The molecule has 23 nitrogen and oxygen atoms in total. The van der Waals surface area contributed by atoms with E-state index in [9.17, 15) is 9.59 Å². The third kappa shape index (κ3) is 46.0. The van der Waals surface area contributed by atoms with Crippen LogP contribution in [0.2, 0.25) is 0 Å². The standard InChI is InChI=1S/C18H32N14S4.C7H15N7S2.C4H6O2.3Zn/c1-11(23-29-15(33)19-5)13(3)25-31-17(35)27-21-9-7-8-10-22-28-18(36)32-26-14(4)12(2)24-30-16(34)20-6;1-4(11-13-6(15)9-3)5(2)12-14-7(16)10-8;5-3-1-2-4-6;;;/h9-10H,7-8H2,1-6H3,(H2,19,29,33)(H2,20,30,34)(H2,27,31,35)(H2,28,32,36);8H2,1-3H3,(H2,9,13,15)(H2,10,14,16);3-4H,1-2H2;;;/q;;;3*+2/p-6/b21-9+,22-10+,23-11?,24-12?,25-13?,26-14?;;;;;. The molecule has 0 aromatic rings. The van der Waals surface area contributed by atoms with Crippen LogP contribution in [-0.4, -0.2) is 111 Å². The van der Waals surface area contributed by atoms with Crippen molar-refractivity contribution in [2.45, 2.75) is 67.2 Å². The van der Waals surface area contributed by atoms with Gasteiger partial charge in [0.15, 0.2) is 0 Å². The zero-order chi connectivity index (χ0) is 44.7. The minimum Gasteiger partial charge on any atom is -0.741 e. The van der Waals surface area contributed by atoms with Crippen molar-refractivity contribution in [1.82, 2.24) is 32.2 Å². The maximum absolute atomic E-state index is 9.40. The van der Waals surface area contributed by atoms with Crippen LogP contribution in [0.4, 0.5) is 0 Å². The number of rotatable bonds is 17. The van der Waals surface area contributed by atoms with E-state index in [1.807, 2.05) is 0 Å². The number of hydrogen-bond acceptors (Lipinski definition) is 23. The van der Waals surface area contributed by atoms with Crippen molar-refractivity contribution in [3.8, 4) is 0 Å². The number of unbranched alkanes of at least 4 members (excludes halogenated alkanes) is 2. The van der Waals surface area contributed by atoms with Gasteiger partial charge < -0.3 is 107 Å². The number of amidine groups is 6. The Hall–Kier alpha value is -3.33. The van der Waals surface area contributed by atoms with Gasteiger partial charge in [0.25, 0.3) is 0 Å². The fraction of sp³-hybridized carbons (Fsp3) is 0.448. The molecule has 0 atom stereocenters. The Morgan fingerprint density at radius 1 is 0.410 bits per heavy atom. The fourth-order valence-electron chi connectivity index (χ4n) is 2.00. The van der Waals surface area contributed by atoms with Crippen molar-refractivity contribution < 1.29 is 68.0 Å². The van der Waals surface area contributed by atoms with Gasteiger partial charge in [-0.2, -0.15) is 71.4 Å². The van der Waals surface area contributed by atoms with E-state index in [2.05, 4.69) is 116 Å². The second kappa shape index (κ2) is 47.7. The Morgan fingerprint density at radius 3 is 0.852 bits per heavy atom. The third-order valence-corrected chi connectivity index (χ3v) is 6.81. The normalized spacial score (nSPS) is 13.9. The summed E-state index contributed by atoms with van der Waals surface area (Å²) in [6.45, 7) is 10.4.